The number of alkyl carbamates (subject to hydrolysis) is 1. The van der Waals surface area contributed by atoms with Gasteiger partial charge in [-0.25, -0.2) is 18.0 Å². The van der Waals surface area contributed by atoms with Crippen LogP contribution in [0.1, 0.15) is 27.7 Å². The number of sulfone groups is 1. The SMILES string of the molecule is CNC(=O)O[C@H]1C(=O)N2C(C(=O)OC(C)(C)C)=C(COC(C)=O)CS(=O)(=O)[C@H]12. The van der Waals surface area contributed by atoms with E-state index >= 15 is 0 Å². The molecule has 2 atom stereocenters. The molecule has 2 aliphatic rings. The molecule has 0 aromatic rings. The van der Waals surface area contributed by atoms with Crippen LogP contribution in [-0.4, -0.2) is 73.7 Å². The number of nitrogens with zero attached hydrogens (tertiary/aromatic N) is 1. The van der Waals surface area contributed by atoms with Crippen molar-refractivity contribution >= 4 is 33.8 Å². The van der Waals surface area contributed by atoms with E-state index in [1.807, 2.05) is 0 Å². The molecule has 12 heteroatoms. The van der Waals surface area contributed by atoms with E-state index in [4.69, 9.17) is 14.2 Å². The molecule has 0 unspecified atom stereocenters. The van der Waals surface area contributed by atoms with Crippen molar-refractivity contribution in [2.45, 2.75) is 44.8 Å². The molecule has 0 aliphatic carbocycles. The number of carbonyl (C=O) groups is 4. The van der Waals surface area contributed by atoms with E-state index in [0.717, 1.165) is 11.8 Å². The molecule has 2 amide bonds. The predicted octanol–water partition coefficient (Wildman–Crippen LogP) is -0.533. The summed E-state index contributed by atoms with van der Waals surface area (Å²) in [4.78, 5) is 48.5. The topological polar surface area (TPSA) is 145 Å². The first kappa shape index (κ1) is 21.7. The third-order valence-corrected chi connectivity index (χ3v) is 5.74. The number of fused-ring (bicyclic) bond motifs is 1. The number of hydrogen-bond donors (Lipinski definition) is 1. The monoisotopic (exact) mass is 418 g/mol. The molecule has 2 aliphatic heterocycles. The van der Waals surface area contributed by atoms with Crippen LogP contribution in [0.15, 0.2) is 11.3 Å². The Balaban J connectivity index is 2.48. The summed E-state index contributed by atoms with van der Waals surface area (Å²) in [5.41, 5.74) is -1.33. The van der Waals surface area contributed by atoms with Gasteiger partial charge in [0.25, 0.3) is 5.91 Å². The van der Waals surface area contributed by atoms with Crippen LogP contribution in [-0.2, 0) is 38.4 Å². The first-order valence-electron chi connectivity index (χ1n) is 8.30. The first-order chi connectivity index (χ1) is 12.8. The summed E-state index contributed by atoms with van der Waals surface area (Å²) in [6.07, 6.45) is -2.57. The van der Waals surface area contributed by atoms with E-state index in [2.05, 4.69) is 5.32 Å². The number of amides is 2. The van der Waals surface area contributed by atoms with Crippen LogP contribution in [0, 0.1) is 0 Å². The summed E-state index contributed by atoms with van der Waals surface area (Å²) in [6.45, 7) is 5.42. The van der Waals surface area contributed by atoms with Gasteiger partial charge in [0, 0.05) is 19.5 Å². The fourth-order valence-electron chi connectivity index (χ4n) is 2.74. The maximum absolute atomic E-state index is 12.7. The van der Waals surface area contributed by atoms with Gasteiger partial charge in [-0.2, -0.15) is 0 Å². The summed E-state index contributed by atoms with van der Waals surface area (Å²) in [5, 5.41) is 0.572. The van der Waals surface area contributed by atoms with Crippen molar-refractivity contribution in [1.29, 1.82) is 0 Å². The lowest BCUT2D eigenvalue weighted by molar-refractivity contribution is -0.165. The molecule has 2 rings (SSSR count). The summed E-state index contributed by atoms with van der Waals surface area (Å²) in [5.74, 6) is -3.18. The molecule has 0 spiro atoms. The number of carbonyl (C=O) groups excluding carboxylic acids is 4. The van der Waals surface area contributed by atoms with Gasteiger partial charge < -0.3 is 19.5 Å². The highest BCUT2D eigenvalue weighted by Gasteiger charge is 2.62. The number of nitrogens with one attached hydrogen (secondary N) is 1. The van der Waals surface area contributed by atoms with Crippen molar-refractivity contribution in [3.63, 3.8) is 0 Å². The van der Waals surface area contributed by atoms with Gasteiger partial charge in [-0.15, -0.1) is 0 Å². The van der Waals surface area contributed by atoms with Gasteiger partial charge in [0.15, 0.2) is 15.2 Å². The summed E-state index contributed by atoms with van der Waals surface area (Å²) < 4.78 is 40.2. The van der Waals surface area contributed by atoms with Gasteiger partial charge in [0.2, 0.25) is 6.10 Å². The van der Waals surface area contributed by atoms with E-state index in [-0.39, 0.29) is 11.3 Å². The minimum atomic E-state index is -4.02. The van der Waals surface area contributed by atoms with Crippen LogP contribution in [0.5, 0.6) is 0 Å². The smallest absolute Gasteiger partial charge is 0.407 e. The summed E-state index contributed by atoms with van der Waals surface area (Å²) in [7, 11) is -2.77. The predicted molar refractivity (Wildman–Crippen MR) is 93.3 cm³/mol. The van der Waals surface area contributed by atoms with Gasteiger partial charge >= 0.3 is 18.0 Å². The van der Waals surface area contributed by atoms with Crippen LogP contribution in [0.4, 0.5) is 4.79 Å². The molecule has 0 saturated carbocycles. The first-order valence-corrected chi connectivity index (χ1v) is 10.0. The Kier molecular flexibility index (Phi) is 5.74. The standard InChI is InChI=1S/C16H22N2O9S/c1-8(19)25-6-9-7-28(23,24)13-11(26-15(22)17-5)12(20)18(13)10(9)14(21)27-16(2,3)4/h11,13H,6-7H2,1-5H3,(H,17,22)/t11-,13+/m0/s1. The molecule has 1 N–H and O–H groups in total. The average molecular weight is 418 g/mol. The van der Waals surface area contributed by atoms with Crippen molar-refractivity contribution in [2.24, 2.45) is 0 Å². The molecule has 0 bridgehead atoms. The number of ether oxygens (including phenoxy) is 3. The van der Waals surface area contributed by atoms with E-state index < -0.39 is 63.2 Å². The van der Waals surface area contributed by atoms with Gasteiger partial charge in [0.1, 0.15) is 17.9 Å². The van der Waals surface area contributed by atoms with Crippen molar-refractivity contribution < 1.29 is 41.8 Å². The molecular weight excluding hydrogens is 396 g/mol. The quantitative estimate of drug-likeness (QED) is 0.361. The zero-order valence-electron chi connectivity index (χ0n) is 16.1. The highest BCUT2D eigenvalue weighted by molar-refractivity contribution is 7.92. The molecule has 1 fully saturated rings. The minimum Gasteiger partial charge on any atom is -0.461 e. The van der Waals surface area contributed by atoms with Crippen molar-refractivity contribution in [3.8, 4) is 0 Å². The van der Waals surface area contributed by atoms with Crippen LogP contribution < -0.4 is 5.32 Å². The van der Waals surface area contributed by atoms with E-state index in [1.54, 1.807) is 20.8 Å². The molecule has 11 nitrogen and oxygen atoms in total. The van der Waals surface area contributed by atoms with E-state index in [0.29, 0.717) is 0 Å². The van der Waals surface area contributed by atoms with Crippen LogP contribution >= 0.6 is 0 Å². The molecule has 0 radical (unpaired) electrons. The Morgan fingerprint density at radius 2 is 1.86 bits per heavy atom. The zero-order valence-corrected chi connectivity index (χ0v) is 16.9. The lowest BCUT2D eigenvalue weighted by Crippen LogP contribution is -2.71. The third kappa shape index (κ3) is 4.26. The number of rotatable bonds is 4. The normalized spacial score (nSPS) is 23.3. The second-order valence-electron chi connectivity index (χ2n) is 7.22. The fraction of sp³-hybridized carbons (Fsp3) is 0.625. The van der Waals surface area contributed by atoms with E-state index in [9.17, 15) is 27.6 Å². The maximum atomic E-state index is 12.7. The fourth-order valence-corrected chi connectivity index (χ4v) is 4.70. The Morgan fingerprint density at radius 1 is 1.25 bits per heavy atom. The molecular formula is C16H22N2O9S. The Hall–Kier alpha value is -2.63. The summed E-state index contributed by atoms with van der Waals surface area (Å²) >= 11 is 0. The largest absolute Gasteiger partial charge is 0.461 e. The summed E-state index contributed by atoms with van der Waals surface area (Å²) in [6, 6.07) is 0. The molecule has 1 saturated heterocycles. The number of hydrogen-bond acceptors (Lipinski definition) is 9. The van der Waals surface area contributed by atoms with Crippen molar-refractivity contribution in [2.75, 3.05) is 19.4 Å². The second kappa shape index (κ2) is 7.41. The van der Waals surface area contributed by atoms with Crippen LogP contribution in [0.25, 0.3) is 0 Å². The van der Waals surface area contributed by atoms with Crippen LogP contribution in [0.3, 0.4) is 0 Å². The van der Waals surface area contributed by atoms with Gasteiger partial charge in [-0.05, 0) is 20.8 Å². The zero-order chi connectivity index (χ0) is 21.4. The van der Waals surface area contributed by atoms with Gasteiger partial charge in [0.05, 0.1) is 5.75 Å². The molecule has 156 valence electrons. The minimum absolute atomic E-state index is 0.0903. The maximum Gasteiger partial charge on any atom is 0.407 e. The highest BCUT2D eigenvalue weighted by Crippen LogP contribution is 2.39. The third-order valence-electron chi connectivity index (χ3n) is 3.79. The van der Waals surface area contributed by atoms with Crippen LogP contribution in [0.2, 0.25) is 0 Å². The lowest BCUT2D eigenvalue weighted by atomic mass is 10.0. The Morgan fingerprint density at radius 3 is 2.36 bits per heavy atom. The highest BCUT2D eigenvalue weighted by atomic mass is 32.2. The lowest BCUT2D eigenvalue weighted by Gasteiger charge is -2.48. The Labute approximate surface area is 161 Å². The number of β-lactam (4-membered cyclic amide) rings is 1. The van der Waals surface area contributed by atoms with Crippen molar-refractivity contribution in [1.82, 2.24) is 10.2 Å². The second-order valence-corrected chi connectivity index (χ2v) is 9.31. The molecule has 2 heterocycles. The molecule has 28 heavy (non-hydrogen) atoms. The number of esters is 2. The molecule has 0 aromatic carbocycles. The Bertz CT molecular complexity index is 854. The van der Waals surface area contributed by atoms with Crippen molar-refractivity contribution in [3.05, 3.63) is 11.3 Å². The van der Waals surface area contributed by atoms with Gasteiger partial charge in [-0.3, -0.25) is 14.5 Å². The average Bonchev–Trinajstić information content (AvgIpc) is 2.54. The van der Waals surface area contributed by atoms with E-state index in [1.165, 1.54) is 7.05 Å². The molecule has 0 aromatic heterocycles. The van der Waals surface area contributed by atoms with Gasteiger partial charge in [-0.1, -0.05) is 0 Å².